The summed E-state index contributed by atoms with van der Waals surface area (Å²) in [5, 5.41) is 13.7. The number of allylic oxidation sites excluding steroid dienone is 1. The van der Waals surface area contributed by atoms with E-state index in [1.54, 1.807) is 27.9 Å². The van der Waals surface area contributed by atoms with Crippen LogP contribution >= 0.6 is 0 Å². The van der Waals surface area contributed by atoms with E-state index >= 15 is 0 Å². The Hall–Kier alpha value is -1.60. The second kappa shape index (κ2) is 9.74. The monoisotopic (exact) mass is 398 g/mol. The van der Waals surface area contributed by atoms with Crippen molar-refractivity contribution in [3.05, 3.63) is 12.2 Å². The zero-order valence-electron chi connectivity index (χ0n) is 18.6. The number of aliphatic hydroxyl groups excluding tert-OH is 1. The molecule has 0 spiro atoms. The molecule has 0 aliphatic carbocycles. The molecule has 0 aromatic carbocycles. The summed E-state index contributed by atoms with van der Waals surface area (Å²) < 4.78 is 11.4. The normalized spacial score (nSPS) is 26.2. The number of ether oxygens (including phenoxy) is 2. The summed E-state index contributed by atoms with van der Waals surface area (Å²) in [6, 6.07) is -1.01. The van der Waals surface area contributed by atoms with Crippen molar-refractivity contribution in [1.82, 2.24) is 10.2 Å². The maximum atomic E-state index is 13.0. The zero-order valence-corrected chi connectivity index (χ0v) is 18.6. The molecular weight excluding hydrogens is 360 g/mol. The second-order valence-corrected chi connectivity index (χ2v) is 8.73. The minimum atomic E-state index is -1.000. The van der Waals surface area contributed by atoms with E-state index in [4.69, 9.17) is 9.47 Å². The standard InChI is InChI=1S/C21H38N2O5/c1-9-11-15-13-16(25)23(19(26)28-20(4,5)6)17(15)18(22-14(3)24)21(7,27-8)12-10-2/h9,11,15-18,25H,10,12-13H2,1-8H3,(H,22,24)/b11-9-/t15-,16?,17-,18-,21+/m1/s1. The molecule has 1 saturated heterocycles. The Morgan fingerprint density at radius 1 is 1.32 bits per heavy atom. The minimum absolute atomic E-state index is 0.143. The third-order valence-corrected chi connectivity index (χ3v) is 5.18. The van der Waals surface area contributed by atoms with Crippen molar-refractivity contribution in [1.29, 1.82) is 0 Å². The summed E-state index contributed by atoms with van der Waals surface area (Å²) in [5.74, 6) is -0.357. The van der Waals surface area contributed by atoms with Crippen molar-refractivity contribution in [3.63, 3.8) is 0 Å². The number of amides is 2. The summed E-state index contributed by atoms with van der Waals surface area (Å²) in [6.45, 7) is 12.7. The topological polar surface area (TPSA) is 88.1 Å². The number of carbonyl (C=O) groups is 2. The fourth-order valence-electron chi connectivity index (χ4n) is 4.01. The maximum absolute atomic E-state index is 13.0. The Morgan fingerprint density at radius 2 is 1.93 bits per heavy atom. The molecule has 2 amide bonds. The molecule has 7 nitrogen and oxygen atoms in total. The van der Waals surface area contributed by atoms with Gasteiger partial charge < -0.3 is 19.9 Å². The Bertz CT molecular complexity index is 572. The molecule has 0 radical (unpaired) electrons. The van der Waals surface area contributed by atoms with E-state index in [2.05, 4.69) is 5.32 Å². The fourth-order valence-corrected chi connectivity index (χ4v) is 4.01. The van der Waals surface area contributed by atoms with E-state index in [-0.39, 0.29) is 11.8 Å². The molecule has 162 valence electrons. The van der Waals surface area contributed by atoms with E-state index in [1.165, 1.54) is 11.8 Å². The number of rotatable bonds is 7. The van der Waals surface area contributed by atoms with Gasteiger partial charge in [0.05, 0.1) is 17.7 Å². The number of nitrogens with one attached hydrogen (secondary N) is 1. The van der Waals surface area contributed by atoms with Crippen LogP contribution in [0.4, 0.5) is 4.79 Å². The van der Waals surface area contributed by atoms with Gasteiger partial charge in [-0.3, -0.25) is 9.69 Å². The molecule has 0 saturated carbocycles. The number of hydrogen-bond donors (Lipinski definition) is 2. The van der Waals surface area contributed by atoms with Gasteiger partial charge in [-0.15, -0.1) is 0 Å². The molecule has 1 unspecified atom stereocenters. The van der Waals surface area contributed by atoms with Gasteiger partial charge in [0.1, 0.15) is 11.8 Å². The second-order valence-electron chi connectivity index (χ2n) is 8.73. The molecule has 2 N–H and O–H groups in total. The first-order valence-corrected chi connectivity index (χ1v) is 10.0. The number of aliphatic hydroxyl groups is 1. The largest absolute Gasteiger partial charge is 0.444 e. The van der Waals surface area contributed by atoms with Crippen molar-refractivity contribution in [2.75, 3.05) is 7.11 Å². The van der Waals surface area contributed by atoms with Crippen LogP contribution < -0.4 is 5.32 Å². The molecule has 1 aliphatic heterocycles. The summed E-state index contributed by atoms with van der Waals surface area (Å²) in [6.07, 6.45) is 4.17. The lowest BCUT2D eigenvalue weighted by atomic mass is 9.81. The lowest BCUT2D eigenvalue weighted by Gasteiger charge is -2.44. The first-order valence-electron chi connectivity index (χ1n) is 10.0. The van der Waals surface area contributed by atoms with Crippen LogP contribution in [0.1, 0.15) is 67.7 Å². The Labute approximate surface area is 169 Å². The van der Waals surface area contributed by atoms with Crippen LogP contribution in [0.25, 0.3) is 0 Å². The molecule has 1 aliphatic rings. The lowest BCUT2D eigenvalue weighted by molar-refractivity contribution is -0.126. The predicted octanol–water partition coefficient (Wildman–Crippen LogP) is 3.22. The van der Waals surface area contributed by atoms with E-state index in [0.29, 0.717) is 12.8 Å². The molecule has 0 aromatic heterocycles. The number of hydrogen-bond acceptors (Lipinski definition) is 5. The van der Waals surface area contributed by atoms with Crippen LogP contribution in [0, 0.1) is 5.92 Å². The van der Waals surface area contributed by atoms with Gasteiger partial charge in [0.2, 0.25) is 5.91 Å². The summed E-state index contributed by atoms with van der Waals surface area (Å²) in [7, 11) is 1.61. The third-order valence-electron chi connectivity index (χ3n) is 5.18. The van der Waals surface area contributed by atoms with E-state index < -0.39 is 35.6 Å². The highest BCUT2D eigenvalue weighted by molar-refractivity contribution is 5.74. The zero-order chi connectivity index (χ0) is 21.7. The molecule has 1 fully saturated rings. The van der Waals surface area contributed by atoms with Gasteiger partial charge >= 0.3 is 6.09 Å². The number of nitrogens with zero attached hydrogens (tertiary/aromatic N) is 1. The summed E-state index contributed by atoms with van der Waals surface area (Å²) in [4.78, 5) is 26.4. The molecular formula is C21H38N2O5. The summed E-state index contributed by atoms with van der Waals surface area (Å²) >= 11 is 0. The number of methoxy groups -OCH3 is 1. The van der Waals surface area contributed by atoms with E-state index in [9.17, 15) is 14.7 Å². The van der Waals surface area contributed by atoms with Gasteiger partial charge in [-0.1, -0.05) is 25.5 Å². The highest BCUT2D eigenvalue weighted by Gasteiger charge is 2.52. The van der Waals surface area contributed by atoms with Gasteiger partial charge in [0, 0.05) is 26.4 Å². The van der Waals surface area contributed by atoms with E-state index in [1.807, 2.05) is 32.9 Å². The average Bonchev–Trinajstić information content (AvgIpc) is 2.87. The van der Waals surface area contributed by atoms with Crippen molar-refractivity contribution in [3.8, 4) is 0 Å². The first kappa shape index (κ1) is 24.4. The van der Waals surface area contributed by atoms with Gasteiger partial charge in [-0.05, 0) is 41.0 Å². The van der Waals surface area contributed by atoms with Gasteiger partial charge in [0.25, 0.3) is 0 Å². The molecule has 7 heteroatoms. The van der Waals surface area contributed by atoms with Crippen LogP contribution in [0.15, 0.2) is 12.2 Å². The molecule has 5 atom stereocenters. The van der Waals surface area contributed by atoms with Crippen molar-refractivity contribution in [2.24, 2.45) is 5.92 Å². The van der Waals surface area contributed by atoms with Crippen LogP contribution in [-0.2, 0) is 14.3 Å². The fraction of sp³-hybridized carbons (Fsp3) is 0.810. The van der Waals surface area contributed by atoms with Crippen LogP contribution in [0.2, 0.25) is 0 Å². The lowest BCUT2D eigenvalue weighted by Crippen LogP contribution is -2.64. The van der Waals surface area contributed by atoms with Gasteiger partial charge in [-0.25, -0.2) is 4.79 Å². The van der Waals surface area contributed by atoms with Gasteiger partial charge in [-0.2, -0.15) is 0 Å². The van der Waals surface area contributed by atoms with Crippen molar-refractivity contribution in [2.45, 2.75) is 97.2 Å². The highest BCUT2D eigenvalue weighted by atomic mass is 16.6. The predicted molar refractivity (Wildman–Crippen MR) is 109 cm³/mol. The van der Waals surface area contributed by atoms with Crippen LogP contribution in [-0.4, -0.2) is 58.6 Å². The van der Waals surface area contributed by atoms with Crippen LogP contribution in [0.5, 0.6) is 0 Å². The Kier molecular flexibility index (Phi) is 8.50. The Morgan fingerprint density at radius 3 is 2.36 bits per heavy atom. The summed E-state index contributed by atoms with van der Waals surface area (Å²) in [5.41, 5.74) is -1.41. The first-order chi connectivity index (χ1) is 12.9. The van der Waals surface area contributed by atoms with Crippen LogP contribution in [0.3, 0.4) is 0 Å². The highest BCUT2D eigenvalue weighted by Crippen LogP contribution is 2.38. The van der Waals surface area contributed by atoms with Crippen molar-refractivity contribution < 1.29 is 24.2 Å². The SMILES string of the molecule is C/C=C\[C@@H]1CC(O)N(C(=O)OC(C)(C)C)[C@H]1[C@@H](NC(C)=O)[C@](C)(CCC)OC. The number of likely N-dealkylation sites (tertiary alicyclic amines) is 1. The van der Waals surface area contributed by atoms with Gasteiger partial charge in [0.15, 0.2) is 0 Å². The maximum Gasteiger partial charge on any atom is 0.412 e. The third kappa shape index (κ3) is 5.95. The molecule has 1 rings (SSSR count). The van der Waals surface area contributed by atoms with Crippen molar-refractivity contribution >= 4 is 12.0 Å². The Balaban J connectivity index is 3.45. The molecule has 0 aromatic rings. The molecule has 0 bridgehead atoms. The number of carbonyl (C=O) groups excluding carboxylic acids is 2. The molecule has 1 heterocycles. The smallest absolute Gasteiger partial charge is 0.412 e. The van der Waals surface area contributed by atoms with E-state index in [0.717, 1.165) is 6.42 Å². The average molecular weight is 399 g/mol. The minimum Gasteiger partial charge on any atom is -0.444 e. The quantitative estimate of drug-likeness (QED) is 0.643. The molecule has 28 heavy (non-hydrogen) atoms.